The smallest absolute Gasteiger partial charge is 0.319 e. The molecule has 0 spiro atoms. The van der Waals surface area contributed by atoms with Crippen LogP contribution >= 0.6 is 11.8 Å². The largest absolute Gasteiger partial charge is 0.455 e. The van der Waals surface area contributed by atoms with Crippen molar-refractivity contribution in [1.29, 1.82) is 0 Å². The normalized spacial score (nSPS) is 11.3. The average Bonchev–Trinajstić information content (AvgIpc) is 2.66. The van der Waals surface area contributed by atoms with Gasteiger partial charge in [0.05, 0.1) is 0 Å². The summed E-state index contributed by atoms with van der Waals surface area (Å²) in [5.41, 5.74) is 0.883. The number of hydrogen-bond donors (Lipinski definition) is 2. The van der Waals surface area contributed by atoms with Crippen molar-refractivity contribution in [1.82, 2.24) is 5.32 Å². The van der Waals surface area contributed by atoms with Crippen molar-refractivity contribution in [3.05, 3.63) is 60.2 Å². The highest BCUT2D eigenvalue weighted by molar-refractivity contribution is 8.00. The summed E-state index contributed by atoms with van der Waals surface area (Å²) in [7, 11) is 1.53. The molecule has 0 radical (unpaired) electrons. The molecule has 0 aromatic heterocycles. The van der Waals surface area contributed by atoms with Gasteiger partial charge in [-0.2, -0.15) is 0 Å². The van der Waals surface area contributed by atoms with Gasteiger partial charge in [-0.05, 0) is 37.3 Å². The quantitative estimate of drug-likeness (QED) is 0.577. The average molecular weight is 372 g/mol. The van der Waals surface area contributed by atoms with Gasteiger partial charge in [0.25, 0.3) is 11.8 Å². The number of amides is 2. The van der Waals surface area contributed by atoms with Crippen LogP contribution < -0.4 is 10.6 Å². The lowest BCUT2D eigenvalue weighted by Crippen LogP contribution is -2.25. The molecule has 0 bridgehead atoms. The Hall–Kier alpha value is -2.80. The van der Waals surface area contributed by atoms with E-state index in [4.69, 9.17) is 4.74 Å². The highest BCUT2D eigenvalue weighted by Gasteiger charge is 2.17. The Morgan fingerprint density at radius 2 is 1.81 bits per heavy atom. The summed E-state index contributed by atoms with van der Waals surface area (Å²) in [6.45, 7) is 1.34. The zero-order valence-electron chi connectivity index (χ0n) is 14.5. The second-order valence-electron chi connectivity index (χ2n) is 5.39. The minimum Gasteiger partial charge on any atom is -0.455 e. The number of carbonyl (C=O) groups is 3. The minimum absolute atomic E-state index is 0.251. The number of benzene rings is 2. The van der Waals surface area contributed by atoms with E-state index in [1.165, 1.54) is 18.8 Å². The summed E-state index contributed by atoms with van der Waals surface area (Å²) in [5.74, 6) is -1.18. The first-order chi connectivity index (χ1) is 12.5. The Kier molecular flexibility index (Phi) is 7.23. The number of esters is 1. The number of ether oxygens (including phenoxy) is 1. The number of carbonyl (C=O) groups excluding carboxylic acids is 3. The van der Waals surface area contributed by atoms with E-state index in [0.29, 0.717) is 11.3 Å². The fourth-order valence-corrected chi connectivity index (χ4v) is 2.97. The van der Waals surface area contributed by atoms with E-state index in [2.05, 4.69) is 10.6 Å². The topological polar surface area (TPSA) is 84.5 Å². The first kappa shape index (κ1) is 19.5. The van der Waals surface area contributed by atoms with Crippen molar-refractivity contribution in [2.24, 2.45) is 0 Å². The van der Waals surface area contributed by atoms with Gasteiger partial charge >= 0.3 is 5.97 Å². The second-order valence-corrected chi connectivity index (χ2v) is 6.80. The third-order valence-electron chi connectivity index (χ3n) is 3.37. The fourth-order valence-electron chi connectivity index (χ4n) is 2.08. The molecule has 2 aromatic carbocycles. The van der Waals surface area contributed by atoms with Crippen LogP contribution in [0.3, 0.4) is 0 Å². The van der Waals surface area contributed by atoms with Crippen molar-refractivity contribution >= 4 is 35.2 Å². The maximum absolute atomic E-state index is 12.0. The summed E-state index contributed by atoms with van der Waals surface area (Å²) in [4.78, 5) is 36.5. The molecule has 6 nitrogen and oxygen atoms in total. The molecule has 26 heavy (non-hydrogen) atoms. The summed E-state index contributed by atoms with van der Waals surface area (Å²) in [6, 6.07) is 16.0. The Balaban J connectivity index is 1.82. The van der Waals surface area contributed by atoms with E-state index in [1.807, 2.05) is 30.3 Å². The zero-order valence-corrected chi connectivity index (χ0v) is 15.3. The lowest BCUT2D eigenvalue weighted by atomic mass is 10.2. The molecular weight excluding hydrogens is 352 g/mol. The summed E-state index contributed by atoms with van der Waals surface area (Å²) in [5, 5.41) is 4.68. The van der Waals surface area contributed by atoms with E-state index in [9.17, 15) is 14.4 Å². The molecule has 0 saturated carbocycles. The van der Waals surface area contributed by atoms with Gasteiger partial charge in [0.1, 0.15) is 5.25 Å². The molecule has 0 heterocycles. The number of hydrogen-bond acceptors (Lipinski definition) is 5. The zero-order chi connectivity index (χ0) is 18.9. The van der Waals surface area contributed by atoms with Crippen LogP contribution in [0.4, 0.5) is 5.69 Å². The molecule has 136 valence electrons. The lowest BCUT2D eigenvalue weighted by Gasteiger charge is -2.11. The highest BCUT2D eigenvalue weighted by atomic mass is 32.2. The van der Waals surface area contributed by atoms with Gasteiger partial charge in [0.15, 0.2) is 6.61 Å². The first-order valence-electron chi connectivity index (χ1n) is 8.00. The summed E-state index contributed by atoms with van der Waals surface area (Å²) >= 11 is 1.36. The van der Waals surface area contributed by atoms with E-state index < -0.39 is 17.1 Å². The lowest BCUT2D eigenvalue weighted by molar-refractivity contribution is -0.146. The van der Waals surface area contributed by atoms with Crippen molar-refractivity contribution in [2.45, 2.75) is 17.1 Å². The van der Waals surface area contributed by atoms with E-state index in [-0.39, 0.29) is 12.5 Å². The molecular formula is C19H20N2O4S. The number of thioether (sulfide) groups is 1. The van der Waals surface area contributed by atoms with Crippen LogP contribution in [0.15, 0.2) is 59.5 Å². The SMILES string of the molecule is CNC(=O)c1cccc(NC(=O)COC(=O)[C@@H](C)Sc2ccccc2)c1. The third kappa shape index (κ3) is 5.93. The Labute approximate surface area is 156 Å². The highest BCUT2D eigenvalue weighted by Crippen LogP contribution is 2.23. The molecule has 7 heteroatoms. The van der Waals surface area contributed by atoms with Gasteiger partial charge in [-0.25, -0.2) is 0 Å². The number of rotatable bonds is 7. The van der Waals surface area contributed by atoms with E-state index in [1.54, 1.807) is 31.2 Å². The maximum atomic E-state index is 12.0. The molecule has 2 rings (SSSR count). The van der Waals surface area contributed by atoms with Crippen molar-refractivity contribution in [3.63, 3.8) is 0 Å². The van der Waals surface area contributed by atoms with Gasteiger partial charge in [-0.1, -0.05) is 24.3 Å². The van der Waals surface area contributed by atoms with Crippen molar-refractivity contribution in [3.8, 4) is 0 Å². The molecule has 0 aliphatic carbocycles. The summed E-state index contributed by atoms with van der Waals surface area (Å²) < 4.78 is 5.06. The Bertz CT molecular complexity index is 780. The van der Waals surface area contributed by atoms with Crippen LogP contribution in [0.1, 0.15) is 17.3 Å². The van der Waals surface area contributed by atoms with Crippen LogP contribution in [0.5, 0.6) is 0 Å². The van der Waals surface area contributed by atoms with E-state index >= 15 is 0 Å². The Morgan fingerprint density at radius 3 is 2.50 bits per heavy atom. The van der Waals surface area contributed by atoms with Crippen molar-refractivity contribution in [2.75, 3.05) is 19.0 Å². The predicted molar refractivity (Wildman–Crippen MR) is 101 cm³/mol. The second kappa shape index (κ2) is 9.62. The van der Waals surface area contributed by atoms with E-state index in [0.717, 1.165) is 4.90 Å². The van der Waals surface area contributed by atoms with Crippen LogP contribution in [-0.4, -0.2) is 36.7 Å². The third-order valence-corrected chi connectivity index (χ3v) is 4.46. The molecule has 0 fully saturated rings. The maximum Gasteiger partial charge on any atom is 0.319 e. The van der Waals surface area contributed by atoms with Crippen LogP contribution in [0.2, 0.25) is 0 Å². The van der Waals surface area contributed by atoms with Gasteiger partial charge in [0.2, 0.25) is 0 Å². The van der Waals surface area contributed by atoms with Crippen LogP contribution in [0.25, 0.3) is 0 Å². The monoisotopic (exact) mass is 372 g/mol. The van der Waals surface area contributed by atoms with Crippen LogP contribution in [0, 0.1) is 0 Å². The fraction of sp³-hybridized carbons (Fsp3) is 0.211. The molecule has 2 aromatic rings. The molecule has 0 aliphatic rings. The molecule has 2 amide bonds. The van der Waals surface area contributed by atoms with Gasteiger partial charge in [0, 0.05) is 23.2 Å². The summed E-state index contributed by atoms with van der Waals surface area (Å²) in [6.07, 6.45) is 0. The predicted octanol–water partition coefficient (Wildman–Crippen LogP) is 2.71. The van der Waals surface area contributed by atoms with Crippen LogP contribution in [-0.2, 0) is 14.3 Å². The molecule has 1 atom stereocenters. The van der Waals surface area contributed by atoms with Crippen molar-refractivity contribution < 1.29 is 19.1 Å². The number of anilines is 1. The standard InChI is InChI=1S/C19H20N2O4S/c1-13(26-16-9-4-3-5-10-16)19(24)25-12-17(22)21-15-8-6-7-14(11-15)18(23)20-2/h3-11,13H,12H2,1-2H3,(H,20,23)(H,21,22)/t13-/m1/s1. The van der Waals surface area contributed by atoms with Gasteiger partial charge in [-0.15, -0.1) is 11.8 Å². The molecule has 0 aliphatic heterocycles. The first-order valence-corrected chi connectivity index (χ1v) is 8.88. The molecule has 0 unspecified atom stereocenters. The molecule has 2 N–H and O–H groups in total. The molecule has 0 saturated heterocycles. The minimum atomic E-state index is -0.468. The van der Waals surface area contributed by atoms with Gasteiger partial charge in [-0.3, -0.25) is 14.4 Å². The number of nitrogens with one attached hydrogen (secondary N) is 2. The van der Waals surface area contributed by atoms with Gasteiger partial charge < -0.3 is 15.4 Å². The Morgan fingerprint density at radius 1 is 1.08 bits per heavy atom.